The van der Waals surface area contributed by atoms with Crippen molar-refractivity contribution in [2.45, 2.75) is 26.9 Å². The normalized spacial score (nSPS) is 14.8. The Labute approximate surface area is 161 Å². The van der Waals surface area contributed by atoms with Crippen LogP contribution in [0.3, 0.4) is 0 Å². The first kappa shape index (κ1) is 19.1. The molecule has 0 amide bonds. The summed E-state index contributed by atoms with van der Waals surface area (Å²) in [6.07, 6.45) is 0.588. The maximum Gasteiger partial charge on any atom is 0.324 e. The van der Waals surface area contributed by atoms with E-state index in [9.17, 15) is 9.59 Å². The number of hydrogen-bond acceptors (Lipinski definition) is 7. The second-order valence-corrected chi connectivity index (χ2v) is 6.32. The number of fused-ring (bicyclic) bond motifs is 3. The Morgan fingerprint density at radius 1 is 1.22 bits per heavy atom. The van der Waals surface area contributed by atoms with Gasteiger partial charge in [0.15, 0.2) is 12.0 Å². The van der Waals surface area contributed by atoms with Gasteiger partial charge < -0.3 is 14.2 Å². The zero-order chi connectivity index (χ0) is 19.6. The zero-order valence-corrected chi connectivity index (χ0v) is 15.9. The lowest BCUT2D eigenvalue weighted by atomic mass is 9.90. The molecule has 0 radical (unpaired) electrons. The fraction of sp³-hybridized carbons (Fsp3) is 0.368. The monoisotopic (exact) mass is 390 g/mol. The molecule has 0 saturated heterocycles. The lowest BCUT2D eigenvalue weighted by molar-refractivity contribution is -0.166. The molecule has 1 aromatic carbocycles. The van der Waals surface area contributed by atoms with Crippen LogP contribution in [0.1, 0.15) is 31.3 Å². The molecule has 2 heterocycles. The minimum absolute atomic E-state index is 0.130. The predicted octanol–water partition coefficient (Wildman–Crippen LogP) is 3.28. The third-order valence-electron chi connectivity index (χ3n) is 4.08. The molecule has 1 aliphatic rings. The molecule has 7 nitrogen and oxygen atoms in total. The fourth-order valence-electron chi connectivity index (χ4n) is 2.95. The third kappa shape index (κ3) is 3.73. The molecule has 8 heteroatoms. The Kier molecular flexibility index (Phi) is 5.60. The molecule has 0 N–H and O–H groups in total. The summed E-state index contributed by atoms with van der Waals surface area (Å²) in [5.41, 5.74) is 1.74. The first-order valence-corrected chi connectivity index (χ1v) is 8.97. The number of ether oxygens (including phenoxy) is 3. The largest absolute Gasteiger partial charge is 0.483 e. The number of aryl methyl sites for hydroxylation is 1. The second-order valence-electron chi connectivity index (χ2n) is 5.88. The average Bonchev–Trinajstić information content (AvgIpc) is 2.62. The summed E-state index contributed by atoms with van der Waals surface area (Å²) in [5.74, 6) is -1.72. The van der Waals surface area contributed by atoms with E-state index in [2.05, 4.69) is 9.97 Å². The quantitative estimate of drug-likeness (QED) is 0.571. The van der Waals surface area contributed by atoms with Crippen LogP contribution in [0.15, 0.2) is 24.4 Å². The highest BCUT2D eigenvalue weighted by atomic mass is 35.5. The number of carbonyl (C=O) groups is 2. The predicted molar refractivity (Wildman–Crippen MR) is 97.3 cm³/mol. The van der Waals surface area contributed by atoms with Crippen molar-refractivity contribution in [3.8, 4) is 17.0 Å². The Hall–Kier alpha value is -2.67. The smallest absolute Gasteiger partial charge is 0.324 e. The van der Waals surface area contributed by atoms with Crippen LogP contribution in [-0.4, -0.2) is 35.1 Å². The van der Waals surface area contributed by atoms with Crippen molar-refractivity contribution < 1.29 is 23.8 Å². The molecule has 142 valence electrons. The third-order valence-corrected chi connectivity index (χ3v) is 4.31. The van der Waals surface area contributed by atoms with E-state index in [0.29, 0.717) is 33.4 Å². The molecule has 2 aromatic rings. The lowest BCUT2D eigenvalue weighted by Crippen LogP contribution is -2.37. The summed E-state index contributed by atoms with van der Waals surface area (Å²) in [6.45, 7) is 5.35. The Morgan fingerprint density at radius 2 is 1.89 bits per heavy atom. The minimum atomic E-state index is -1.29. The van der Waals surface area contributed by atoms with E-state index >= 15 is 0 Å². The molecule has 1 aliphatic heterocycles. The number of hydrogen-bond donors (Lipinski definition) is 0. The SMILES string of the molecule is CCOC(=O)C(C(=O)OCC)C1Oc2ccc(Cl)cc2-c2nc(C)ncc21. The number of nitrogens with zero attached hydrogens (tertiary/aromatic N) is 2. The lowest BCUT2D eigenvalue weighted by Gasteiger charge is -2.31. The molecule has 0 bridgehead atoms. The van der Waals surface area contributed by atoms with Crippen LogP contribution in [0.4, 0.5) is 0 Å². The van der Waals surface area contributed by atoms with E-state index in [1.54, 1.807) is 45.2 Å². The van der Waals surface area contributed by atoms with Crippen LogP contribution in [0.5, 0.6) is 5.75 Å². The van der Waals surface area contributed by atoms with Gasteiger partial charge in [0.05, 0.1) is 18.9 Å². The summed E-state index contributed by atoms with van der Waals surface area (Å²) in [4.78, 5) is 33.8. The van der Waals surface area contributed by atoms with Crippen LogP contribution in [0.2, 0.25) is 5.02 Å². The van der Waals surface area contributed by atoms with Crippen molar-refractivity contribution in [3.63, 3.8) is 0 Å². The number of rotatable bonds is 5. The van der Waals surface area contributed by atoms with E-state index < -0.39 is 24.0 Å². The van der Waals surface area contributed by atoms with Crippen molar-refractivity contribution >= 4 is 23.5 Å². The van der Waals surface area contributed by atoms with Gasteiger partial charge in [-0.1, -0.05) is 11.6 Å². The van der Waals surface area contributed by atoms with Gasteiger partial charge in [-0.3, -0.25) is 9.59 Å². The second kappa shape index (κ2) is 7.92. The summed E-state index contributed by atoms with van der Waals surface area (Å²) in [7, 11) is 0. The Morgan fingerprint density at radius 3 is 2.52 bits per heavy atom. The highest BCUT2D eigenvalue weighted by Crippen LogP contribution is 2.45. The Balaban J connectivity index is 2.13. The van der Waals surface area contributed by atoms with Gasteiger partial charge in [0.2, 0.25) is 0 Å². The first-order valence-electron chi connectivity index (χ1n) is 8.59. The Bertz CT molecular complexity index is 868. The molecule has 1 unspecified atom stereocenters. The zero-order valence-electron chi connectivity index (χ0n) is 15.2. The van der Waals surface area contributed by atoms with Crippen molar-refractivity contribution in [1.82, 2.24) is 9.97 Å². The highest BCUT2D eigenvalue weighted by molar-refractivity contribution is 6.31. The summed E-state index contributed by atoms with van der Waals surface area (Å²) >= 11 is 6.12. The van der Waals surface area contributed by atoms with Crippen LogP contribution >= 0.6 is 11.6 Å². The number of halogens is 1. The van der Waals surface area contributed by atoms with Gasteiger partial charge in [-0.25, -0.2) is 9.97 Å². The summed E-state index contributed by atoms with van der Waals surface area (Å²) in [5, 5.41) is 0.519. The van der Waals surface area contributed by atoms with Gasteiger partial charge in [0.1, 0.15) is 11.6 Å². The van der Waals surface area contributed by atoms with Gasteiger partial charge in [-0.15, -0.1) is 0 Å². The van der Waals surface area contributed by atoms with E-state index in [-0.39, 0.29) is 13.2 Å². The molecule has 0 spiro atoms. The molecule has 0 aliphatic carbocycles. The van der Waals surface area contributed by atoms with Crippen molar-refractivity contribution in [3.05, 3.63) is 40.8 Å². The van der Waals surface area contributed by atoms with E-state index in [1.807, 2.05) is 0 Å². The number of esters is 2. The maximum absolute atomic E-state index is 12.5. The van der Waals surface area contributed by atoms with Crippen LogP contribution in [0.25, 0.3) is 11.3 Å². The number of carbonyl (C=O) groups excluding carboxylic acids is 2. The van der Waals surface area contributed by atoms with E-state index in [0.717, 1.165) is 0 Å². The molecule has 27 heavy (non-hydrogen) atoms. The molecule has 1 aromatic heterocycles. The number of aromatic nitrogens is 2. The molecule has 1 atom stereocenters. The minimum Gasteiger partial charge on any atom is -0.483 e. The number of benzene rings is 1. The van der Waals surface area contributed by atoms with Gasteiger partial charge in [0.25, 0.3) is 0 Å². The fourth-order valence-corrected chi connectivity index (χ4v) is 3.12. The first-order chi connectivity index (χ1) is 13.0. The molecule has 0 saturated carbocycles. The van der Waals surface area contributed by atoms with Crippen molar-refractivity contribution in [2.75, 3.05) is 13.2 Å². The standard InChI is InChI=1S/C19H19ClN2O5/c1-4-25-18(23)15(19(24)26-5-2)17-13-9-21-10(3)22-16(13)12-8-11(20)6-7-14(12)27-17/h6-9,15,17H,4-5H2,1-3H3. The average molecular weight is 391 g/mol. The van der Waals surface area contributed by atoms with E-state index in [1.165, 1.54) is 0 Å². The maximum atomic E-state index is 12.5. The summed E-state index contributed by atoms with van der Waals surface area (Å²) in [6, 6.07) is 5.07. The molecular weight excluding hydrogens is 372 g/mol. The van der Waals surface area contributed by atoms with Gasteiger partial charge in [0, 0.05) is 22.3 Å². The topological polar surface area (TPSA) is 87.6 Å². The van der Waals surface area contributed by atoms with E-state index in [4.69, 9.17) is 25.8 Å². The van der Waals surface area contributed by atoms with Gasteiger partial charge >= 0.3 is 11.9 Å². The molecule has 0 fully saturated rings. The highest BCUT2D eigenvalue weighted by Gasteiger charge is 2.44. The van der Waals surface area contributed by atoms with Crippen LogP contribution in [0, 0.1) is 12.8 Å². The van der Waals surface area contributed by atoms with Crippen molar-refractivity contribution in [2.24, 2.45) is 5.92 Å². The van der Waals surface area contributed by atoms with Gasteiger partial charge in [-0.05, 0) is 39.0 Å². The van der Waals surface area contributed by atoms with Crippen LogP contribution < -0.4 is 4.74 Å². The molecule has 3 rings (SSSR count). The van der Waals surface area contributed by atoms with Gasteiger partial charge in [-0.2, -0.15) is 0 Å². The van der Waals surface area contributed by atoms with Crippen LogP contribution in [-0.2, 0) is 19.1 Å². The summed E-state index contributed by atoms with van der Waals surface area (Å²) < 4.78 is 16.2. The van der Waals surface area contributed by atoms with Crippen molar-refractivity contribution in [1.29, 1.82) is 0 Å². The molecular formula is C19H19ClN2O5.